The van der Waals surface area contributed by atoms with E-state index in [4.69, 9.17) is 5.11 Å². The molecular formula is C15H16O3. The van der Waals surface area contributed by atoms with Crippen LogP contribution < -0.4 is 0 Å². The van der Waals surface area contributed by atoms with Gasteiger partial charge in [0.1, 0.15) is 12.2 Å². The Labute approximate surface area is 106 Å². The highest BCUT2D eigenvalue weighted by molar-refractivity contribution is 5.64. The van der Waals surface area contributed by atoms with Gasteiger partial charge in [-0.15, -0.1) is 0 Å². The normalized spacial score (nSPS) is 14.2. The van der Waals surface area contributed by atoms with E-state index in [1.54, 1.807) is 6.07 Å². The summed E-state index contributed by atoms with van der Waals surface area (Å²) in [6.45, 7) is -0.462. The van der Waals surface area contributed by atoms with Crippen LogP contribution in [-0.4, -0.2) is 28.0 Å². The van der Waals surface area contributed by atoms with Crippen molar-refractivity contribution in [2.45, 2.75) is 12.2 Å². The van der Waals surface area contributed by atoms with E-state index in [0.29, 0.717) is 5.56 Å². The molecule has 2 unspecified atom stereocenters. The van der Waals surface area contributed by atoms with Gasteiger partial charge in [-0.1, -0.05) is 48.5 Å². The van der Waals surface area contributed by atoms with Crippen LogP contribution in [0.25, 0.3) is 11.1 Å². The maximum absolute atomic E-state index is 9.85. The fourth-order valence-corrected chi connectivity index (χ4v) is 1.85. The fraction of sp³-hybridized carbons (Fsp3) is 0.200. The average Bonchev–Trinajstić information content (AvgIpc) is 2.46. The van der Waals surface area contributed by atoms with E-state index in [1.165, 1.54) is 0 Å². The Kier molecular flexibility index (Phi) is 4.10. The molecule has 0 bridgehead atoms. The number of hydrogen-bond acceptors (Lipinski definition) is 3. The molecule has 0 spiro atoms. The average molecular weight is 244 g/mol. The minimum absolute atomic E-state index is 0.462. The van der Waals surface area contributed by atoms with E-state index in [9.17, 15) is 10.2 Å². The highest BCUT2D eigenvalue weighted by Crippen LogP contribution is 2.24. The topological polar surface area (TPSA) is 60.7 Å². The lowest BCUT2D eigenvalue weighted by molar-refractivity contribution is -0.0152. The van der Waals surface area contributed by atoms with Crippen LogP contribution in [0.4, 0.5) is 0 Å². The molecule has 0 saturated carbocycles. The molecule has 2 atom stereocenters. The van der Waals surface area contributed by atoms with E-state index in [2.05, 4.69) is 0 Å². The Morgan fingerprint density at radius 2 is 1.50 bits per heavy atom. The van der Waals surface area contributed by atoms with Crippen molar-refractivity contribution >= 4 is 0 Å². The van der Waals surface area contributed by atoms with Gasteiger partial charge in [0, 0.05) is 0 Å². The molecule has 94 valence electrons. The first-order valence-corrected chi connectivity index (χ1v) is 5.84. The van der Waals surface area contributed by atoms with Crippen LogP contribution in [0.1, 0.15) is 11.7 Å². The molecule has 0 saturated heterocycles. The van der Waals surface area contributed by atoms with E-state index < -0.39 is 18.8 Å². The summed E-state index contributed by atoms with van der Waals surface area (Å²) in [6.07, 6.45) is -2.23. The van der Waals surface area contributed by atoms with Crippen molar-refractivity contribution in [3.63, 3.8) is 0 Å². The SMILES string of the molecule is OCC(O)C(O)c1cccc(-c2ccccc2)c1. The van der Waals surface area contributed by atoms with Gasteiger partial charge in [0.15, 0.2) is 0 Å². The lowest BCUT2D eigenvalue weighted by Gasteiger charge is -2.16. The molecule has 0 heterocycles. The van der Waals surface area contributed by atoms with Crippen LogP contribution in [0.2, 0.25) is 0 Å². The van der Waals surface area contributed by atoms with Gasteiger partial charge in [-0.2, -0.15) is 0 Å². The molecule has 0 aliphatic rings. The summed E-state index contributed by atoms with van der Waals surface area (Å²) in [5.41, 5.74) is 2.61. The number of hydrogen-bond donors (Lipinski definition) is 3. The predicted octanol–water partition coefficient (Wildman–Crippen LogP) is 1.74. The summed E-state index contributed by atoms with van der Waals surface area (Å²) in [5, 5.41) is 28.1. The van der Waals surface area contributed by atoms with Gasteiger partial charge in [0.05, 0.1) is 6.61 Å². The molecule has 3 heteroatoms. The van der Waals surface area contributed by atoms with Crippen molar-refractivity contribution in [1.82, 2.24) is 0 Å². The molecule has 0 fully saturated rings. The quantitative estimate of drug-likeness (QED) is 0.767. The molecule has 18 heavy (non-hydrogen) atoms. The largest absolute Gasteiger partial charge is 0.394 e. The monoisotopic (exact) mass is 244 g/mol. The van der Waals surface area contributed by atoms with Crippen molar-refractivity contribution in [3.05, 3.63) is 60.2 Å². The zero-order valence-corrected chi connectivity index (χ0v) is 9.90. The van der Waals surface area contributed by atoms with Crippen LogP contribution in [0.15, 0.2) is 54.6 Å². The smallest absolute Gasteiger partial charge is 0.107 e. The maximum atomic E-state index is 9.85. The lowest BCUT2D eigenvalue weighted by Crippen LogP contribution is -2.21. The number of aliphatic hydroxyl groups is 3. The van der Waals surface area contributed by atoms with Gasteiger partial charge in [0.2, 0.25) is 0 Å². The summed E-state index contributed by atoms with van der Waals surface area (Å²) in [6, 6.07) is 17.1. The second-order valence-electron chi connectivity index (χ2n) is 4.19. The maximum Gasteiger partial charge on any atom is 0.107 e. The van der Waals surface area contributed by atoms with Crippen LogP contribution in [0.5, 0.6) is 0 Å². The number of benzene rings is 2. The molecule has 0 radical (unpaired) electrons. The minimum atomic E-state index is -1.16. The summed E-state index contributed by atoms with van der Waals surface area (Å²) in [4.78, 5) is 0. The van der Waals surface area contributed by atoms with E-state index >= 15 is 0 Å². The molecule has 0 aliphatic carbocycles. The molecule has 3 N–H and O–H groups in total. The fourth-order valence-electron chi connectivity index (χ4n) is 1.85. The van der Waals surface area contributed by atoms with Crippen molar-refractivity contribution in [2.24, 2.45) is 0 Å². The third-order valence-corrected chi connectivity index (χ3v) is 2.89. The van der Waals surface area contributed by atoms with E-state index in [-0.39, 0.29) is 0 Å². The summed E-state index contributed by atoms with van der Waals surface area (Å²) < 4.78 is 0. The van der Waals surface area contributed by atoms with E-state index in [0.717, 1.165) is 11.1 Å². The summed E-state index contributed by atoms with van der Waals surface area (Å²) >= 11 is 0. The van der Waals surface area contributed by atoms with Gasteiger partial charge >= 0.3 is 0 Å². The van der Waals surface area contributed by atoms with Crippen molar-refractivity contribution in [3.8, 4) is 11.1 Å². The van der Waals surface area contributed by atoms with Crippen LogP contribution in [0, 0.1) is 0 Å². The van der Waals surface area contributed by atoms with Crippen molar-refractivity contribution < 1.29 is 15.3 Å². The molecule has 0 aliphatic heterocycles. The molecule has 0 aromatic heterocycles. The Bertz CT molecular complexity index is 496. The van der Waals surface area contributed by atoms with E-state index in [1.807, 2.05) is 48.5 Å². The molecule has 2 aromatic rings. The lowest BCUT2D eigenvalue weighted by atomic mass is 9.98. The molecule has 2 rings (SSSR count). The highest BCUT2D eigenvalue weighted by Gasteiger charge is 2.17. The van der Waals surface area contributed by atoms with Gasteiger partial charge in [-0.05, 0) is 22.8 Å². The zero-order chi connectivity index (χ0) is 13.0. The first-order valence-electron chi connectivity index (χ1n) is 5.84. The van der Waals surface area contributed by atoms with Crippen molar-refractivity contribution in [1.29, 1.82) is 0 Å². The highest BCUT2D eigenvalue weighted by atomic mass is 16.4. The third-order valence-electron chi connectivity index (χ3n) is 2.89. The molecule has 2 aromatic carbocycles. The van der Waals surface area contributed by atoms with Gasteiger partial charge in [-0.25, -0.2) is 0 Å². The second-order valence-corrected chi connectivity index (χ2v) is 4.19. The zero-order valence-electron chi connectivity index (χ0n) is 9.90. The van der Waals surface area contributed by atoms with Crippen LogP contribution in [-0.2, 0) is 0 Å². The summed E-state index contributed by atoms with van der Waals surface area (Å²) in [7, 11) is 0. The van der Waals surface area contributed by atoms with Crippen molar-refractivity contribution in [2.75, 3.05) is 6.61 Å². The minimum Gasteiger partial charge on any atom is -0.394 e. The molecular weight excluding hydrogens is 228 g/mol. The third kappa shape index (κ3) is 2.76. The Balaban J connectivity index is 2.31. The second kappa shape index (κ2) is 5.78. The standard InChI is InChI=1S/C15H16O3/c16-10-14(17)15(18)13-8-4-7-12(9-13)11-5-2-1-3-6-11/h1-9,14-18H,10H2. The van der Waals surface area contributed by atoms with Crippen LogP contribution in [0.3, 0.4) is 0 Å². The van der Waals surface area contributed by atoms with Gasteiger partial charge in [-0.3, -0.25) is 0 Å². The van der Waals surface area contributed by atoms with Crippen LogP contribution >= 0.6 is 0 Å². The summed E-state index contributed by atoms with van der Waals surface area (Å²) in [5.74, 6) is 0. The Morgan fingerprint density at radius 1 is 0.833 bits per heavy atom. The Hall–Kier alpha value is -1.68. The number of rotatable bonds is 4. The predicted molar refractivity (Wildman–Crippen MR) is 69.9 cm³/mol. The number of aliphatic hydroxyl groups excluding tert-OH is 3. The molecule has 3 nitrogen and oxygen atoms in total. The first kappa shape index (κ1) is 12.8. The molecule has 0 amide bonds. The first-order chi connectivity index (χ1) is 8.72. The Morgan fingerprint density at radius 3 is 2.17 bits per heavy atom. The van der Waals surface area contributed by atoms with Gasteiger partial charge < -0.3 is 15.3 Å². The van der Waals surface area contributed by atoms with Gasteiger partial charge in [0.25, 0.3) is 0 Å².